The van der Waals surface area contributed by atoms with Crippen LogP contribution < -0.4 is 35.1 Å². The highest BCUT2D eigenvalue weighted by Crippen LogP contribution is 2.39. The Hall–Kier alpha value is -6.18. The molecule has 9 rings (SSSR count). The summed E-state index contributed by atoms with van der Waals surface area (Å²) < 4.78 is 17.8. The van der Waals surface area contributed by atoms with Crippen molar-refractivity contribution in [3.05, 3.63) is 136 Å². The third-order valence-electron chi connectivity index (χ3n) is 11.4. The molecule has 0 radical (unpaired) electrons. The molecule has 13 heteroatoms. The van der Waals surface area contributed by atoms with Crippen molar-refractivity contribution in [1.82, 2.24) is 4.98 Å². The van der Waals surface area contributed by atoms with Gasteiger partial charge in [-0.1, -0.05) is 54.7 Å². The van der Waals surface area contributed by atoms with E-state index in [1.807, 2.05) is 88.5 Å². The minimum absolute atomic E-state index is 0.0636. The lowest BCUT2D eigenvalue weighted by Crippen LogP contribution is -2.24. The fourth-order valence-electron chi connectivity index (χ4n) is 8.20. The minimum atomic E-state index is -0.147. The molecule has 2 aromatic heterocycles. The number of thiazole rings is 1. The molecule has 314 valence electrons. The van der Waals surface area contributed by atoms with E-state index in [1.165, 1.54) is 35.5 Å². The lowest BCUT2D eigenvalue weighted by Gasteiger charge is -2.20. The molecule has 4 aromatic carbocycles. The van der Waals surface area contributed by atoms with Gasteiger partial charge < -0.3 is 35.1 Å². The van der Waals surface area contributed by atoms with Crippen LogP contribution in [-0.4, -0.2) is 49.0 Å². The van der Waals surface area contributed by atoms with Crippen molar-refractivity contribution < 1.29 is 28.6 Å². The lowest BCUT2D eigenvalue weighted by molar-refractivity contribution is -0.118. The Kier molecular flexibility index (Phi) is 13.0. The molecule has 2 aliphatic heterocycles. The second kappa shape index (κ2) is 19.0. The number of aryl methyl sites for hydroxylation is 1. The molecule has 1 unspecified atom stereocenters. The largest absolute Gasteiger partial charge is 0.493 e. The summed E-state index contributed by atoms with van der Waals surface area (Å²) in [7, 11) is 1.65. The van der Waals surface area contributed by atoms with Gasteiger partial charge in [0.05, 0.1) is 18.1 Å². The van der Waals surface area contributed by atoms with Crippen LogP contribution in [0.15, 0.2) is 114 Å². The number of aromatic nitrogens is 1. The molecule has 61 heavy (non-hydrogen) atoms. The Morgan fingerprint density at radius 3 is 2.11 bits per heavy atom. The third-order valence-corrected chi connectivity index (χ3v) is 12.9. The van der Waals surface area contributed by atoms with Crippen LogP contribution in [0.3, 0.4) is 0 Å². The van der Waals surface area contributed by atoms with Gasteiger partial charge in [-0.25, -0.2) is 4.98 Å². The highest BCUT2D eigenvalue weighted by molar-refractivity contribution is 7.12. The summed E-state index contributed by atoms with van der Waals surface area (Å²) in [6, 6.07) is 30.8. The lowest BCUT2D eigenvalue weighted by atomic mass is 9.96. The Morgan fingerprint density at radius 2 is 1.48 bits per heavy atom. The number of carbonyl (C=O) groups excluding carboxylic acids is 3. The van der Waals surface area contributed by atoms with E-state index in [9.17, 15) is 14.4 Å². The van der Waals surface area contributed by atoms with Crippen molar-refractivity contribution in [1.29, 1.82) is 0 Å². The van der Waals surface area contributed by atoms with Gasteiger partial charge in [-0.2, -0.15) is 0 Å². The topological polar surface area (TPSA) is 136 Å². The van der Waals surface area contributed by atoms with Gasteiger partial charge in [0.15, 0.2) is 11.5 Å². The highest BCUT2D eigenvalue weighted by Gasteiger charge is 2.34. The fourth-order valence-corrected chi connectivity index (χ4v) is 9.31. The van der Waals surface area contributed by atoms with Crippen molar-refractivity contribution in [2.75, 3.05) is 41.0 Å². The summed E-state index contributed by atoms with van der Waals surface area (Å²) in [4.78, 5) is 46.4. The van der Waals surface area contributed by atoms with Crippen LogP contribution in [0.1, 0.15) is 83.6 Å². The van der Waals surface area contributed by atoms with Gasteiger partial charge in [0, 0.05) is 72.1 Å². The number of hydrogen-bond donors (Lipinski definition) is 2. The molecule has 1 aliphatic carbocycles. The third kappa shape index (κ3) is 9.90. The average Bonchev–Trinajstić information content (AvgIpc) is 4.13. The molecule has 3 aliphatic rings. The van der Waals surface area contributed by atoms with Crippen LogP contribution in [0.5, 0.6) is 22.4 Å². The van der Waals surface area contributed by atoms with Crippen LogP contribution in [0.4, 0.5) is 22.7 Å². The minimum Gasteiger partial charge on any atom is -0.493 e. The first kappa shape index (κ1) is 41.5. The number of nitrogen functional groups attached to an aromatic ring is 1. The maximum absolute atomic E-state index is 12.9. The van der Waals surface area contributed by atoms with E-state index in [2.05, 4.69) is 35.4 Å². The smallest absolute Gasteiger partial charge is 0.278 e. The summed E-state index contributed by atoms with van der Waals surface area (Å²) in [6.07, 6.45) is 8.30. The van der Waals surface area contributed by atoms with E-state index in [4.69, 9.17) is 19.9 Å². The Bertz CT molecular complexity index is 2470. The molecule has 3 N–H and O–H groups in total. The number of anilines is 4. The molecule has 2 saturated heterocycles. The zero-order chi connectivity index (χ0) is 42.3. The van der Waals surface area contributed by atoms with Gasteiger partial charge in [-0.15, -0.1) is 11.3 Å². The zero-order valence-electron chi connectivity index (χ0n) is 34.3. The predicted octanol–water partition coefficient (Wildman–Crippen LogP) is 10.5. The second-order valence-corrected chi connectivity index (χ2v) is 17.2. The number of benzene rings is 4. The summed E-state index contributed by atoms with van der Waals surface area (Å²) >= 11 is 2.86. The fraction of sp³-hybridized carbons (Fsp3) is 0.292. The number of hydrogen-bond acceptors (Lipinski definition) is 10. The molecular weight excluding hydrogens is 807 g/mol. The number of nitrogens with one attached hydrogen (secondary N) is 1. The molecular formula is C48H49N5O6S2. The first-order valence-electron chi connectivity index (χ1n) is 20.7. The SMILES string of the molecule is CCc1ccc([C@H]2CC(=O)N(c3cccc(N)c3)C2)cc1Oc1nccs1.COc1ccc(C2CC(=O)N(c3cccc(NC(=O)c4cccs4)c3)C2)cc1OC1CCCC1. The monoisotopic (exact) mass is 855 g/mol. The average molecular weight is 856 g/mol. The summed E-state index contributed by atoms with van der Waals surface area (Å²) in [5, 5.41) is 7.32. The van der Waals surface area contributed by atoms with Gasteiger partial charge in [0.2, 0.25) is 11.8 Å². The zero-order valence-corrected chi connectivity index (χ0v) is 35.9. The van der Waals surface area contributed by atoms with Crippen molar-refractivity contribution in [2.45, 2.75) is 69.8 Å². The summed E-state index contributed by atoms with van der Waals surface area (Å²) in [6.45, 7) is 3.32. The number of nitrogens with zero attached hydrogens (tertiary/aromatic N) is 3. The van der Waals surface area contributed by atoms with E-state index in [1.54, 1.807) is 24.3 Å². The predicted molar refractivity (Wildman–Crippen MR) is 243 cm³/mol. The van der Waals surface area contributed by atoms with E-state index >= 15 is 0 Å². The van der Waals surface area contributed by atoms with E-state index in [0.717, 1.165) is 64.6 Å². The number of carbonyl (C=O) groups is 3. The molecule has 0 bridgehead atoms. The first-order valence-corrected chi connectivity index (χ1v) is 22.5. The molecule has 11 nitrogen and oxygen atoms in total. The van der Waals surface area contributed by atoms with Crippen LogP contribution >= 0.6 is 22.7 Å². The Morgan fingerprint density at radius 1 is 0.787 bits per heavy atom. The molecule has 0 spiro atoms. The van der Waals surface area contributed by atoms with Crippen molar-refractivity contribution in [3.8, 4) is 22.4 Å². The number of amides is 3. The normalized spacial score (nSPS) is 17.6. The standard InChI is InChI=1S/C27H28N2O4S.C21H21N3O2S/c1-32-23-12-11-18(14-24(23)33-22-8-2-3-9-22)19-15-26(30)29(17-19)21-7-4-6-20(16-21)28-27(31)25-10-5-13-34-25;1-2-14-6-7-15(10-19(14)26-21-23-8-9-27-21)16-11-20(25)24(13-16)18-5-3-4-17(22)12-18/h4-7,10-14,16,19,22H,2-3,8-9,15,17H2,1H3,(H,28,31);3-10,12,16H,2,11,13,22H2,1H3/t;16-/m.0/s1. The maximum Gasteiger partial charge on any atom is 0.278 e. The number of ether oxygens (including phenoxy) is 3. The van der Waals surface area contributed by atoms with Crippen molar-refractivity contribution >= 4 is 63.1 Å². The van der Waals surface area contributed by atoms with E-state index in [0.29, 0.717) is 47.4 Å². The van der Waals surface area contributed by atoms with Gasteiger partial charge in [-0.05, 0) is 115 Å². The molecule has 3 fully saturated rings. The second-order valence-electron chi connectivity index (χ2n) is 15.4. The van der Waals surface area contributed by atoms with Crippen molar-refractivity contribution in [2.24, 2.45) is 0 Å². The van der Waals surface area contributed by atoms with Crippen LogP contribution in [0.25, 0.3) is 0 Å². The quantitative estimate of drug-likeness (QED) is 0.116. The highest BCUT2D eigenvalue weighted by atomic mass is 32.1. The number of thiophene rings is 1. The van der Waals surface area contributed by atoms with Crippen LogP contribution in [-0.2, 0) is 16.0 Å². The molecule has 3 amide bonds. The number of nitrogens with two attached hydrogens (primary N) is 1. The Balaban J connectivity index is 0.000000173. The van der Waals surface area contributed by atoms with Crippen molar-refractivity contribution in [3.63, 3.8) is 0 Å². The summed E-state index contributed by atoms with van der Waals surface area (Å²) in [5.74, 6) is 2.54. The van der Waals surface area contributed by atoms with Gasteiger partial charge in [-0.3, -0.25) is 14.4 Å². The van der Waals surface area contributed by atoms with Gasteiger partial charge in [0.25, 0.3) is 11.1 Å². The van der Waals surface area contributed by atoms with E-state index in [-0.39, 0.29) is 35.7 Å². The van der Waals surface area contributed by atoms with Gasteiger partial charge in [0.1, 0.15) is 5.75 Å². The molecule has 1 saturated carbocycles. The number of rotatable bonds is 12. The van der Waals surface area contributed by atoms with Gasteiger partial charge >= 0.3 is 0 Å². The maximum atomic E-state index is 12.9. The first-order chi connectivity index (χ1) is 29.7. The molecule has 6 aromatic rings. The molecule has 2 atom stereocenters. The summed E-state index contributed by atoms with van der Waals surface area (Å²) in [5.41, 5.74) is 12.2. The Labute approximate surface area is 364 Å². The van der Waals surface area contributed by atoms with Crippen LogP contribution in [0, 0.1) is 0 Å². The van der Waals surface area contributed by atoms with Crippen LogP contribution in [0.2, 0.25) is 0 Å². The molecule has 4 heterocycles. The van der Waals surface area contributed by atoms with E-state index < -0.39 is 0 Å². The number of methoxy groups -OCH3 is 1.